The Labute approximate surface area is 145 Å². The zero-order valence-corrected chi connectivity index (χ0v) is 14.3. The van der Waals surface area contributed by atoms with Crippen molar-refractivity contribution in [3.63, 3.8) is 0 Å². The number of methoxy groups -OCH3 is 2. The number of carbonyl (C=O) groups excluding carboxylic acids is 3. The van der Waals surface area contributed by atoms with Crippen LogP contribution in [0.3, 0.4) is 0 Å². The molecule has 1 amide bonds. The lowest BCUT2D eigenvalue weighted by Gasteiger charge is -2.15. The molecule has 0 saturated carbocycles. The number of rotatable bonds is 6. The van der Waals surface area contributed by atoms with E-state index in [4.69, 9.17) is 14.6 Å². The molecule has 0 aromatic heterocycles. The summed E-state index contributed by atoms with van der Waals surface area (Å²) in [6.45, 7) is 1.71. The predicted molar refractivity (Wildman–Crippen MR) is 88.8 cm³/mol. The van der Waals surface area contributed by atoms with E-state index in [1.165, 1.54) is 19.1 Å². The smallest absolute Gasteiger partial charge is 0.338 e. The first-order valence-corrected chi connectivity index (χ1v) is 7.60. The lowest BCUT2D eigenvalue weighted by molar-refractivity contribution is -0.136. The third-order valence-electron chi connectivity index (χ3n) is 3.85. The maximum absolute atomic E-state index is 12.4. The molecule has 2 rings (SSSR count). The number of aryl methyl sites for hydroxylation is 1. The Morgan fingerprint density at radius 2 is 1.92 bits per heavy atom. The van der Waals surface area contributed by atoms with Crippen molar-refractivity contribution in [3.8, 4) is 0 Å². The summed E-state index contributed by atoms with van der Waals surface area (Å²) in [5.74, 6) is -1.46. The van der Waals surface area contributed by atoms with Gasteiger partial charge in [0.15, 0.2) is 0 Å². The molecule has 134 valence electrons. The Morgan fingerprint density at radius 1 is 1.24 bits per heavy atom. The predicted octanol–water partition coefficient (Wildman–Crippen LogP) is 0.455. The number of aliphatic hydroxyl groups is 1. The van der Waals surface area contributed by atoms with Crippen molar-refractivity contribution >= 4 is 23.5 Å². The van der Waals surface area contributed by atoms with Gasteiger partial charge in [-0.15, -0.1) is 0 Å². The van der Waals surface area contributed by atoms with Gasteiger partial charge in [0, 0.05) is 12.2 Å². The second-order valence-electron chi connectivity index (χ2n) is 5.44. The monoisotopic (exact) mass is 348 g/mol. The van der Waals surface area contributed by atoms with Crippen LogP contribution >= 0.6 is 0 Å². The molecule has 0 aliphatic carbocycles. The number of hydrogen-bond donors (Lipinski definition) is 2. The van der Waals surface area contributed by atoms with E-state index in [9.17, 15) is 14.4 Å². The molecule has 8 heteroatoms. The van der Waals surface area contributed by atoms with E-state index >= 15 is 0 Å². The quantitative estimate of drug-likeness (QED) is 0.719. The molecule has 1 aliphatic rings. The second kappa shape index (κ2) is 7.80. The third kappa shape index (κ3) is 3.80. The van der Waals surface area contributed by atoms with Gasteiger partial charge in [0.1, 0.15) is 5.70 Å². The van der Waals surface area contributed by atoms with Crippen molar-refractivity contribution < 1.29 is 29.0 Å². The molecule has 1 aromatic rings. The minimum Gasteiger partial charge on any atom is -0.466 e. The maximum atomic E-state index is 12.4. The van der Waals surface area contributed by atoms with Crippen LogP contribution in [0.5, 0.6) is 0 Å². The molecule has 0 radical (unpaired) electrons. The van der Waals surface area contributed by atoms with Crippen molar-refractivity contribution in [2.24, 2.45) is 0 Å². The molecular formula is C17H20N2O6. The number of benzene rings is 1. The number of anilines is 1. The molecule has 1 aromatic carbocycles. The van der Waals surface area contributed by atoms with Crippen LogP contribution in [-0.4, -0.2) is 61.8 Å². The SMILES string of the molecule is COC(=O)C1=C(Nc2ccc(C(=O)OC)c(C)c2)C(=O)N(CCO)C1. The van der Waals surface area contributed by atoms with E-state index < -0.39 is 17.8 Å². The summed E-state index contributed by atoms with van der Waals surface area (Å²) in [5.41, 5.74) is 1.91. The zero-order valence-electron chi connectivity index (χ0n) is 14.3. The highest BCUT2D eigenvalue weighted by Crippen LogP contribution is 2.24. The van der Waals surface area contributed by atoms with Crippen molar-refractivity contribution in [2.75, 3.05) is 39.2 Å². The molecule has 0 fully saturated rings. The number of carbonyl (C=O) groups is 3. The molecule has 1 aliphatic heterocycles. The molecule has 25 heavy (non-hydrogen) atoms. The van der Waals surface area contributed by atoms with Crippen molar-refractivity contribution in [1.82, 2.24) is 4.90 Å². The van der Waals surface area contributed by atoms with E-state index in [1.807, 2.05) is 0 Å². The Hall–Kier alpha value is -2.87. The Balaban J connectivity index is 2.32. The molecular weight excluding hydrogens is 328 g/mol. The Morgan fingerprint density at radius 3 is 2.48 bits per heavy atom. The fraction of sp³-hybridized carbons (Fsp3) is 0.353. The van der Waals surface area contributed by atoms with Crippen LogP contribution in [0.2, 0.25) is 0 Å². The van der Waals surface area contributed by atoms with Gasteiger partial charge in [-0.25, -0.2) is 9.59 Å². The normalized spacial score (nSPS) is 13.9. The van der Waals surface area contributed by atoms with Gasteiger partial charge in [0.05, 0.1) is 38.5 Å². The Kier molecular flexibility index (Phi) is 5.76. The van der Waals surface area contributed by atoms with Gasteiger partial charge >= 0.3 is 11.9 Å². The molecule has 8 nitrogen and oxygen atoms in total. The summed E-state index contributed by atoms with van der Waals surface area (Å²) in [7, 11) is 2.54. The number of β-amino-alcohol motifs (C(OH)–C–C–N with tert-alkyl or cyclic N) is 1. The lowest BCUT2D eigenvalue weighted by atomic mass is 10.1. The van der Waals surface area contributed by atoms with Gasteiger partial charge < -0.3 is 24.8 Å². The fourth-order valence-electron chi connectivity index (χ4n) is 2.57. The average Bonchev–Trinajstić information content (AvgIpc) is 2.90. The highest BCUT2D eigenvalue weighted by atomic mass is 16.5. The number of nitrogens with zero attached hydrogens (tertiary/aromatic N) is 1. The number of amides is 1. The van der Waals surface area contributed by atoms with Gasteiger partial charge in [0.2, 0.25) is 0 Å². The summed E-state index contributed by atoms with van der Waals surface area (Å²) in [6, 6.07) is 4.87. The minimum atomic E-state index is -0.612. The molecule has 2 N–H and O–H groups in total. The molecule has 0 saturated heterocycles. The standard InChI is InChI=1S/C17H20N2O6/c1-10-8-11(4-5-12(10)16(22)24-2)18-14-13(17(23)25-3)9-19(6-7-20)15(14)21/h4-5,8,18,20H,6-7,9H2,1-3H3. The van der Waals surface area contributed by atoms with Crippen LogP contribution < -0.4 is 5.32 Å². The highest BCUT2D eigenvalue weighted by Gasteiger charge is 2.34. The molecule has 0 bridgehead atoms. The van der Waals surface area contributed by atoms with E-state index in [0.717, 1.165) is 0 Å². The topological polar surface area (TPSA) is 105 Å². The lowest BCUT2D eigenvalue weighted by Crippen LogP contribution is -2.31. The second-order valence-corrected chi connectivity index (χ2v) is 5.44. The largest absolute Gasteiger partial charge is 0.466 e. The minimum absolute atomic E-state index is 0.0631. The van der Waals surface area contributed by atoms with E-state index in [-0.39, 0.29) is 31.0 Å². The number of ether oxygens (including phenoxy) is 2. The summed E-state index contributed by atoms with van der Waals surface area (Å²) < 4.78 is 9.42. The van der Waals surface area contributed by atoms with E-state index in [2.05, 4.69) is 5.32 Å². The number of aliphatic hydroxyl groups excluding tert-OH is 1. The first-order valence-electron chi connectivity index (χ1n) is 7.60. The van der Waals surface area contributed by atoms with Gasteiger partial charge in [-0.3, -0.25) is 4.79 Å². The summed E-state index contributed by atoms with van der Waals surface area (Å²) in [4.78, 5) is 37.4. The van der Waals surface area contributed by atoms with Gasteiger partial charge in [-0.1, -0.05) is 0 Å². The maximum Gasteiger partial charge on any atom is 0.338 e. The summed E-state index contributed by atoms with van der Waals surface area (Å²) >= 11 is 0. The third-order valence-corrected chi connectivity index (χ3v) is 3.85. The van der Waals surface area contributed by atoms with Crippen LogP contribution in [0, 0.1) is 6.92 Å². The summed E-state index contributed by atoms with van der Waals surface area (Å²) in [5, 5.41) is 12.0. The highest BCUT2D eigenvalue weighted by molar-refractivity contribution is 6.08. The van der Waals surface area contributed by atoms with Crippen LogP contribution in [0.1, 0.15) is 15.9 Å². The van der Waals surface area contributed by atoms with Gasteiger partial charge in [-0.05, 0) is 30.7 Å². The van der Waals surface area contributed by atoms with Crippen LogP contribution in [0.15, 0.2) is 29.5 Å². The average molecular weight is 348 g/mol. The van der Waals surface area contributed by atoms with Crippen LogP contribution in [-0.2, 0) is 19.1 Å². The molecule has 0 unspecified atom stereocenters. The van der Waals surface area contributed by atoms with Crippen LogP contribution in [0.25, 0.3) is 0 Å². The van der Waals surface area contributed by atoms with Crippen LogP contribution in [0.4, 0.5) is 5.69 Å². The first-order chi connectivity index (χ1) is 11.9. The van der Waals surface area contributed by atoms with E-state index in [1.54, 1.807) is 25.1 Å². The fourth-order valence-corrected chi connectivity index (χ4v) is 2.57. The zero-order chi connectivity index (χ0) is 18.6. The van der Waals surface area contributed by atoms with Gasteiger partial charge in [0.25, 0.3) is 5.91 Å². The van der Waals surface area contributed by atoms with E-state index in [0.29, 0.717) is 16.8 Å². The van der Waals surface area contributed by atoms with Crippen molar-refractivity contribution in [1.29, 1.82) is 0 Å². The first kappa shape index (κ1) is 18.5. The van der Waals surface area contributed by atoms with Gasteiger partial charge in [-0.2, -0.15) is 0 Å². The molecule has 1 heterocycles. The Bertz CT molecular complexity index is 741. The number of nitrogens with one attached hydrogen (secondary N) is 1. The number of hydrogen-bond acceptors (Lipinski definition) is 7. The summed E-state index contributed by atoms with van der Waals surface area (Å²) in [6.07, 6.45) is 0. The molecule has 0 atom stereocenters. The molecule has 0 spiro atoms. The van der Waals surface area contributed by atoms with Crippen molar-refractivity contribution in [3.05, 3.63) is 40.6 Å². The number of esters is 2. The van der Waals surface area contributed by atoms with Crippen molar-refractivity contribution in [2.45, 2.75) is 6.92 Å².